The lowest BCUT2D eigenvalue weighted by molar-refractivity contribution is 0.101. The molecule has 7 nitrogen and oxygen atoms in total. The summed E-state index contributed by atoms with van der Waals surface area (Å²) in [6.07, 6.45) is 2.31. The van der Waals surface area contributed by atoms with Crippen molar-refractivity contribution in [2.24, 2.45) is 5.73 Å². The average molecular weight is 590 g/mol. The van der Waals surface area contributed by atoms with Gasteiger partial charge in [-0.05, 0) is 66.9 Å². The fourth-order valence-corrected chi connectivity index (χ4v) is 5.11. The quantitative estimate of drug-likeness (QED) is 0.167. The van der Waals surface area contributed by atoms with Crippen LogP contribution in [-0.2, 0) is 6.42 Å². The topological polar surface area (TPSA) is 106 Å². The van der Waals surface area contributed by atoms with Gasteiger partial charge in [0.05, 0.1) is 17.4 Å². The molecule has 0 aliphatic carbocycles. The number of pyridine rings is 1. The maximum absolute atomic E-state index is 14.2. The van der Waals surface area contributed by atoms with Crippen molar-refractivity contribution in [3.05, 3.63) is 132 Å². The number of ether oxygens (including phenoxy) is 1. The molecule has 9 heteroatoms. The number of fused-ring (bicyclic) bond motifs is 1. The molecule has 0 unspecified atom stereocenters. The number of anilines is 1. The third-order valence-electron chi connectivity index (χ3n) is 7.31. The Labute approximate surface area is 252 Å². The van der Waals surface area contributed by atoms with E-state index in [0.29, 0.717) is 35.7 Å². The average Bonchev–Trinajstić information content (AvgIpc) is 3.40. The van der Waals surface area contributed by atoms with Gasteiger partial charge in [0.1, 0.15) is 29.6 Å². The second-order valence-corrected chi connectivity index (χ2v) is 10.5. The summed E-state index contributed by atoms with van der Waals surface area (Å²) in [5.74, 6) is -2.21. The molecule has 2 heterocycles. The highest BCUT2D eigenvalue weighted by atomic mass is 19.1. The van der Waals surface area contributed by atoms with E-state index in [-0.39, 0.29) is 6.04 Å². The lowest BCUT2D eigenvalue weighted by Crippen LogP contribution is -2.30. The summed E-state index contributed by atoms with van der Waals surface area (Å²) in [7, 11) is 0. The summed E-state index contributed by atoms with van der Waals surface area (Å²) in [5.41, 5.74) is 12.0. The number of nitrogens with zero attached hydrogens (tertiary/aromatic N) is 2. The van der Waals surface area contributed by atoms with Crippen LogP contribution in [0.2, 0.25) is 0 Å². The van der Waals surface area contributed by atoms with Gasteiger partial charge in [0.2, 0.25) is 0 Å². The molecule has 6 rings (SSSR count). The maximum atomic E-state index is 14.2. The first-order valence-electron chi connectivity index (χ1n) is 14.1. The van der Waals surface area contributed by atoms with Crippen molar-refractivity contribution in [3.8, 4) is 28.1 Å². The lowest BCUT2D eigenvalue weighted by atomic mass is 9.97. The van der Waals surface area contributed by atoms with Gasteiger partial charge in [-0.25, -0.2) is 8.78 Å². The van der Waals surface area contributed by atoms with E-state index in [1.54, 1.807) is 24.4 Å². The number of nitrogens with two attached hydrogens (primary N) is 1. The van der Waals surface area contributed by atoms with Gasteiger partial charge in [0.25, 0.3) is 5.91 Å². The first-order valence-corrected chi connectivity index (χ1v) is 14.1. The second-order valence-electron chi connectivity index (χ2n) is 10.5. The fourth-order valence-electron chi connectivity index (χ4n) is 5.11. The number of hydrogen-bond acceptors (Lipinski definition) is 5. The van der Waals surface area contributed by atoms with Crippen LogP contribution in [0.4, 0.5) is 14.5 Å². The Morgan fingerprint density at radius 1 is 0.932 bits per heavy atom. The van der Waals surface area contributed by atoms with Crippen molar-refractivity contribution < 1.29 is 18.3 Å². The van der Waals surface area contributed by atoms with Crippen LogP contribution in [0.15, 0.2) is 103 Å². The fraction of sp³-hybridized carbons (Fsp3) is 0.114. The second kappa shape index (κ2) is 12.4. The Kier molecular flexibility index (Phi) is 8.12. The van der Waals surface area contributed by atoms with E-state index in [2.05, 4.69) is 15.5 Å². The van der Waals surface area contributed by atoms with Crippen molar-refractivity contribution in [1.29, 1.82) is 0 Å². The third kappa shape index (κ3) is 6.18. The predicted molar refractivity (Wildman–Crippen MR) is 167 cm³/mol. The van der Waals surface area contributed by atoms with Gasteiger partial charge in [0.15, 0.2) is 0 Å². The zero-order chi connectivity index (χ0) is 30.6. The predicted octanol–water partition coefficient (Wildman–Crippen LogP) is 7.08. The Hall–Kier alpha value is -5.41. The van der Waals surface area contributed by atoms with Gasteiger partial charge < -0.3 is 15.8 Å². The highest BCUT2D eigenvalue weighted by Gasteiger charge is 2.19. The molecule has 1 atom stereocenters. The van der Waals surface area contributed by atoms with E-state index in [9.17, 15) is 13.6 Å². The molecule has 4 N–H and O–H groups in total. The first kappa shape index (κ1) is 28.7. The number of benzene rings is 4. The molecule has 0 saturated carbocycles. The first-order chi connectivity index (χ1) is 21.4. The summed E-state index contributed by atoms with van der Waals surface area (Å²) in [6.45, 7) is 2.25. The normalized spacial score (nSPS) is 11.8. The number of rotatable bonds is 9. The zero-order valence-corrected chi connectivity index (χ0v) is 23.9. The van der Waals surface area contributed by atoms with Gasteiger partial charge in [-0.2, -0.15) is 5.10 Å². The number of carbonyl (C=O) groups is 1. The van der Waals surface area contributed by atoms with Crippen LogP contribution in [0.1, 0.15) is 21.6 Å². The number of aryl methyl sites for hydroxylation is 1. The van der Waals surface area contributed by atoms with E-state index in [4.69, 9.17) is 15.5 Å². The molecule has 0 radical (unpaired) electrons. The zero-order valence-electron chi connectivity index (χ0n) is 23.9. The lowest BCUT2D eigenvalue weighted by Gasteiger charge is -2.16. The number of H-pyrrole nitrogens is 1. The largest absolute Gasteiger partial charge is 0.490 e. The molecule has 0 aliphatic heterocycles. The van der Waals surface area contributed by atoms with Crippen molar-refractivity contribution >= 4 is 22.5 Å². The minimum atomic E-state index is -0.938. The Bertz CT molecular complexity index is 1940. The van der Waals surface area contributed by atoms with E-state index in [0.717, 1.165) is 45.4 Å². The van der Waals surface area contributed by atoms with E-state index in [1.807, 2.05) is 67.6 Å². The third-order valence-corrected chi connectivity index (χ3v) is 7.31. The smallest absolute Gasteiger partial charge is 0.261 e. The number of aromatic nitrogens is 3. The molecule has 0 bridgehead atoms. The number of carbonyl (C=O) groups excluding carboxylic acids is 1. The Morgan fingerprint density at radius 3 is 2.50 bits per heavy atom. The molecule has 44 heavy (non-hydrogen) atoms. The van der Waals surface area contributed by atoms with Gasteiger partial charge >= 0.3 is 0 Å². The molecule has 2 aromatic heterocycles. The number of halogens is 2. The van der Waals surface area contributed by atoms with Gasteiger partial charge in [-0.15, -0.1) is 0 Å². The van der Waals surface area contributed by atoms with Crippen LogP contribution in [0, 0.1) is 18.6 Å². The number of hydrogen-bond donors (Lipinski definition) is 3. The van der Waals surface area contributed by atoms with Crippen LogP contribution < -0.4 is 15.8 Å². The summed E-state index contributed by atoms with van der Waals surface area (Å²) in [4.78, 5) is 17.5. The van der Waals surface area contributed by atoms with Crippen LogP contribution in [0.3, 0.4) is 0 Å². The molecule has 0 aliphatic rings. The SMILES string of the molecule is Cc1[nH]nc2ccc(-c3cc(OC[C@H](N)Cc4ccccc4)cnc3-c3cccc(NC(=O)c4c(F)cccc4F)c3)cc12. The van der Waals surface area contributed by atoms with E-state index < -0.39 is 23.1 Å². The molecule has 0 saturated heterocycles. The number of nitrogens with one attached hydrogen (secondary N) is 2. The monoisotopic (exact) mass is 589 g/mol. The van der Waals surface area contributed by atoms with Gasteiger partial charge in [-0.1, -0.05) is 54.6 Å². The molecule has 0 fully saturated rings. The van der Waals surface area contributed by atoms with Crippen molar-refractivity contribution in [2.75, 3.05) is 11.9 Å². The molecule has 6 aromatic rings. The van der Waals surface area contributed by atoms with Crippen LogP contribution in [0.5, 0.6) is 5.75 Å². The van der Waals surface area contributed by atoms with Gasteiger partial charge in [0, 0.05) is 33.9 Å². The van der Waals surface area contributed by atoms with Crippen LogP contribution >= 0.6 is 0 Å². The maximum Gasteiger partial charge on any atom is 0.261 e. The summed E-state index contributed by atoms with van der Waals surface area (Å²) >= 11 is 0. The molecule has 4 aromatic carbocycles. The highest BCUT2D eigenvalue weighted by molar-refractivity contribution is 6.05. The summed E-state index contributed by atoms with van der Waals surface area (Å²) < 4.78 is 34.6. The van der Waals surface area contributed by atoms with Crippen molar-refractivity contribution in [3.63, 3.8) is 0 Å². The molecule has 1 amide bonds. The minimum Gasteiger partial charge on any atom is -0.490 e. The molecule has 0 spiro atoms. The van der Waals surface area contributed by atoms with Crippen molar-refractivity contribution in [2.45, 2.75) is 19.4 Å². The highest BCUT2D eigenvalue weighted by Crippen LogP contribution is 2.36. The Balaban J connectivity index is 1.32. The Morgan fingerprint density at radius 2 is 1.70 bits per heavy atom. The van der Waals surface area contributed by atoms with Crippen LogP contribution in [-0.4, -0.2) is 33.7 Å². The summed E-state index contributed by atoms with van der Waals surface area (Å²) in [6, 6.07) is 27.9. The standard InChI is InChI=1S/C35H29F2N5O2/c1-21-28-17-23(13-14-32(28)42-41-21)29-18-27(44-20-25(38)15-22-7-3-2-4-8-22)19-39-34(29)24-9-5-10-26(16-24)40-35(43)33-30(36)11-6-12-31(33)37/h2-14,16-19,25H,15,20,38H2,1H3,(H,40,43)(H,41,42)/t25-/m1/s1. The number of aromatic amines is 1. The number of amides is 1. The van der Waals surface area contributed by atoms with Crippen LogP contribution in [0.25, 0.3) is 33.3 Å². The summed E-state index contributed by atoms with van der Waals surface area (Å²) in [5, 5.41) is 10.9. The minimum absolute atomic E-state index is 0.218. The molecular weight excluding hydrogens is 560 g/mol. The van der Waals surface area contributed by atoms with Crippen molar-refractivity contribution in [1.82, 2.24) is 15.2 Å². The molecule has 220 valence electrons. The van der Waals surface area contributed by atoms with E-state index >= 15 is 0 Å². The molecular formula is C35H29F2N5O2. The van der Waals surface area contributed by atoms with Gasteiger partial charge in [-0.3, -0.25) is 14.9 Å². The van der Waals surface area contributed by atoms with E-state index in [1.165, 1.54) is 6.07 Å².